The molecule has 0 fully saturated rings. The van der Waals surface area contributed by atoms with Gasteiger partial charge in [0.15, 0.2) is 0 Å². The van der Waals surface area contributed by atoms with Crippen molar-refractivity contribution >= 4 is 0 Å². The van der Waals surface area contributed by atoms with Crippen molar-refractivity contribution in [1.29, 1.82) is 0 Å². The van der Waals surface area contributed by atoms with Crippen LogP contribution in [0.1, 0.15) is 12.7 Å². The number of nitrogens with zero attached hydrogens (tertiary/aromatic N) is 1. The Labute approximate surface area is 111 Å². The van der Waals surface area contributed by atoms with Crippen molar-refractivity contribution in [1.82, 2.24) is 9.97 Å². The van der Waals surface area contributed by atoms with E-state index in [-0.39, 0.29) is 12.2 Å². The van der Waals surface area contributed by atoms with Crippen molar-refractivity contribution in [2.75, 3.05) is 13.7 Å². The van der Waals surface area contributed by atoms with E-state index in [0.29, 0.717) is 18.1 Å². The largest absolute Gasteiger partial charge is 0.494 e. The van der Waals surface area contributed by atoms with Gasteiger partial charge in [-0.15, -0.1) is 0 Å². The maximum absolute atomic E-state index is 11.6. The number of aromatic amines is 1. The molecule has 0 atom stereocenters. The number of nitrogens with one attached hydrogen (secondary N) is 1. The molecule has 2 rings (SSSR count). The summed E-state index contributed by atoms with van der Waals surface area (Å²) in [5.41, 5.74) is 1.30. The van der Waals surface area contributed by atoms with E-state index < -0.39 is 0 Å². The van der Waals surface area contributed by atoms with E-state index in [1.807, 2.05) is 31.2 Å². The van der Waals surface area contributed by atoms with Gasteiger partial charge in [0.05, 0.1) is 12.3 Å². The maximum Gasteiger partial charge on any atom is 0.251 e. The zero-order valence-corrected chi connectivity index (χ0v) is 11.0. The predicted molar refractivity (Wildman–Crippen MR) is 72.2 cm³/mol. The second-order valence-electron chi connectivity index (χ2n) is 3.97. The molecule has 1 N–H and O–H groups in total. The lowest BCUT2D eigenvalue weighted by Gasteiger charge is -2.06. The Morgan fingerprint density at radius 2 is 2.00 bits per heavy atom. The Morgan fingerprint density at radius 3 is 2.63 bits per heavy atom. The molecule has 2 aromatic rings. The van der Waals surface area contributed by atoms with E-state index >= 15 is 0 Å². The number of rotatable bonds is 5. The molecule has 0 aliphatic carbocycles. The molecule has 0 bridgehead atoms. The monoisotopic (exact) mass is 260 g/mol. The summed E-state index contributed by atoms with van der Waals surface area (Å²) in [6.45, 7) is 2.84. The maximum atomic E-state index is 11.6. The number of hydrogen-bond acceptors (Lipinski definition) is 4. The molecular formula is C14H16N2O3. The standard InChI is InChI=1S/C14H16N2O3/c1-3-19-11-6-4-10(5-7-11)12-8-14(17)16-13(15-12)9-18-2/h4-8H,3,9H2,1-2H3,(H,15,16,17). The highest BCUT2D eigenvalue weighted by Crippen LogP contribution is 2.19. The van der Waals surface area contributed by atoms with Gasteiger partial charge in [-0.2, -0.15) is 0 Å². The minimum Gasteiger partial charge on any atom is -0.494 e. The summed E-state index contributed by atoms with van der Waals surface area (Å²) >= 11 is 0. The number of ether oxygens (including phenoxy) is 2. The van der Waals surface area contributed by atoms with Crippen LogP contribution in [0.15, 0.2) is 35.1 Å². The van der Waals surface area contributed by atoms with Gasteiger partial charge in [0.25, 0.3) is 5.56 Å². The van der Waals surface area contributed by atoms with Crippen LogP contribution in [0.5, 0.6) is 5.75 Å². The van der Waals surface area contributed by atoms with E-state index in [4.69, 9.17) is 9.47 Å². The molecule has 5 heteroatoms. The van der Waals surface area contributed by atoms with E-state index in [1.165, 1.54) is 6.07 Å². The molecule has 19 heavy (non-hydrogen) atoms. The Morgan fingerprint density at radius 1 is 1.26 bits per heavy atom. The second kappa shape index (κ2) is 6.15. The smallest absolute Gasteiger partial charge is 0.251 e. The number of aromatic nitrogens is 2. The molecule has 0 aliphatic heterocycles. The molecule has 0 amide bonds. The summed E-state index contributed by atoms with van der Waals surface area (Å²) in [4.78, 5) is 18.5. The first-order chi connectivity index (χ1) is 9.22. The van der Waals surface area contributed by atoms with Crippen LogP contribution in [0.25, 0.3) is 11.3 Å². The quantitative estimate of drug-likeness (QED) is 0.892. The topological polar surface area (TPSA) is 64.2 Å². The lowest BCUT2D eigenvalue weighted by molar-refractivity contribution is 0.177. The Bertz CT molecular complexity index is 590. The van der Waals surface area contributed by atoms with E-state index in [1.54, 1.807) is 7.11 Å². The highest BCUT2D eigenvalue weighted by Gasteiger charge is 2.04. The van der Waals surface area contributed by atoms with Gasteiger partial charge < -0.3 is 14.5 Å². The van der Waals surface area contributed by atoms with Gasteiger partial charge in [-0.1, -0.05) is 0 Å². The van der Waals surface area contributed by atoms with Crippen LogP contribution in [0.4, 0.5) is 0 Å². The summed E-state index contributed by atoms with van der Waals surface area (Å²) in [5.74, 6) is 1.31. The molecule has 5 nitrogen and oxygen atoms in total. The van der Waals surface area contributed by atoms with Crippen LogP contribution in [0, 0.1) is 0 Å². The Hall–Kier alpha value is -2.14. The van der Waals surface area contributed by atoms with Gasteiger partial charge in [-0.25, -0.2) is 4.98 Å². The van der Waals surface area contributed by atoms with Crippen LogP contribution in [0.2, 0.25) is 0 Å². The van der Waals surface area contributed by atoms with Gasteiger partial charge in [-0.05, 0) is 31.2 Å². The first kappa shape index (κ1) is 13.3. The lowest BCUT2D eigenvalue weighted by atomic mass is 10.1. The van der Waals surface area contributed by atoms with Crippen LogP contribution in [0.3, 0.4) is 0 Å². The van der Waals surface area contributed by atoms with Crippen molar-refractivity contribution in [3.05, 3.63) is 46.5 Å². The fraction of sp³-hybridized carbons (Fsp3) is 0.286. The third kappa shape index (κ3) is 3.42. The van der Waals surface area contributed by atoms with E-state index in [0.717, 1.165) is 11.3 Å². The molecule has 0 saturated carbocycles. The average Bonchev–Trinajstić information content (AvgIpc) is 2.40. The average molecular weight is 260 g/mol. The fourth-order valence-electron chi connectivity index (χ4n) is 1.75. The predicted octanol–water partition coefficient (Wildman–Crippen LogP) is 1.98. The molecule has 1 aromatic heterocycles. The minimum atomic E-state index is -0.189. The van der Waals surface area contributed by atoms with Gasteiger partial charge in [0, 0.05) is 18.7 Å². The number of benzene rings is 1. The highest BCUT2D eigenvalue weighted by atomic mass is 16.5. The molecular weight excluding hydrogens is 244 g/mol. The lowest BCUT2D eigenvalue weighted by Crippen LogP contribution is -2.11. The van der Waals surface area contributed by atoms with E-state index in [2.05, 4.69) is 9.97 Å². The minimum absolute atomic E-state index is 0.189. The third-order valence-electron chi connectivity index (χ3n) is 2.53. The van der Waals surface area contributed by atoms with Gasteiger partial charge in [-0.3, -0.25) is 4.79 Å². The summed E-state index contributed by atoms with van der Waals surface area (Å²) in [7, 11) is 1.56. The zero-order valence-electron chi connectivity index (χ0n) is 11.0. The first-order valence-electron chi connectivity index (χ1n) is 6.05. The molecule has 0 unspecified atom stereocenters. The van der Waals surface area contributed by atoms with Gasteiger partial charge in [0.1, 0.15) is 18.2 Å². The summed E-state index contributed by atoms with van der Waals surface area (Å²) < 4.78 is 10.3. The molecule has 0 saturated heterocycles. The summed E-state index contributed by atoms with van der Waals surface area (Å²) in [6.07, 6.45) is 0. The van der Waals surface area contributed by atoms with Crippen molar-refractivity contribution in [3.8, 4) is 17.0 Å². The molecule has 0 spiro atoms. The van der Waals surface area contributed by atoms with Crippen molar-refractivity contribution in [2.45, 2.75) is 13.5 Å². The number of hydrogen-bond donors (Lipinski definition) is 1. The van der Waals surface area contributed by atoms with Crippen molar-refractivity contribution in [2.24, 2.45) is 0 Å². The van der Waals surface area contributed by atoms with E-state index in [9.17, 15) is 4.79 Å². The SMILES string of the molecule is CCOc1ccc(-c2cc(=O)[nH]c(COC)n2)cc1. The normalized spacial score (nSPS) is 10.4. The zero-order chi connectivity index (χ0) is 13.7. The molecule has 100 valence electrons. The van der Waals surface area contributed by atoms with Gasteiger partial charge in [0.2, 0.25) is 0 Å². The number of methoxy groups -OCH3 is 1. The molecule has 0 radical (unpaired) electrons. The van der Waals surface area contributed by atoms with Crippen LogP contribution in [-0.2, 0) is 11.3 Å². The summed E-state index contributed by atoms with van der Waals surface area (Å²) in [5, 5.41) is 0. The molecule has 1 aromatic carbocycles. The Kier molecular flexibility index (Phi) is 4.30. The van der Waals surface area contributed by atoms with Gasteiger partial charge >= 0.3 is 0 Å². The van der Waals surface area contributed by atoms with Crippen molar-refractivity contribution in [3.63, 3.8) is 0 Å². The first-order valence-corrected chi connectivity index (χ1v) is 6.05. The molecule has 1 heterocycles. The third-order valence-corrected chi connectivity index (χ3v) is 2.53. The van der Waals surface area contributed by atoms with Crippen LogP contribution < -0.4 is 10.3 Å². The number of H-pyrrole nitrogens is 1. The second-order valence-corrected chi connectivity index (χ2v) is 3.97. The Balaban J connectivity index is 2.32. The summed E-state index contributed by atoms with van der Waals surface area (Å²) in [6, 6.07) is 8.94. The highest BCUT2D eigenvalue weighted by molar-refractivity contribution is 5.59. The van der Waals surface area contributed by atoms with Crippen LogP contribution >= 0.6 is 0 Å². The molecule has 0 aliphatic rings. The van der Waals surface area contributed by atoms with Crippen molar-refractivity contribution < 1.29 is 9.47 Å². The fourth-order valence-corrected chi connectivity index (χ4v) is 1.75. The van der Waals surface area contributed by atoms with Crippen LogP contribution in [-0.4, -0.2) is 23.7 Å².